The molecule has 180 valence electrons. The van der Waals surface area contributed by atoms with Gasteiger partial charge in [0, 0.05) is 11.6 Å². The van der Waals surface area contributed by atoms with E-state index in [1.165, 1.54) is 0 Å². The maximum absolute atomic E-state index is 13.3. The van der Waals surface area contributed by atoms with E-state index >= 15 is 0 Å². The molecule has 1 saturated carbocycles. The molecule has 1 amide bonds. The maximum atomic E-state index is 13.3. The lowest BCUT2D eigenvalue weighted by molar-refractivity contribution is -0.141. The summed E-state index contributed by atoms with van der Waals surface area (Å²) in [6, 6.07) is 11.5. The van der Waals surface area contributed by atoms with Crippen LogP contribution in [0.2, 0.25) is 5.02 Å². The predicted octanol–water partition coefficient (Wildman–Crippen LogP) is 5.89. The van der Waals surface area contributed by atoms with E-state index in [0.29, 0.717) is 35.3 Å². The van der Waals surface area contributed by atoms with Crippen molar-refractivity contribution in [2.45, 2.75) is 58.0 Å². The number of hydrogen-bond acceptors (Lipinski definition) is 5. The maximum Gasteiger partial charge on any atom is 0.295 e. The van der Waals surface area contributed by atoms with Gasteiger partial charge < -0.3 is 19.5 Å². The quantitative estimate of drug-likeness (QED) is 0.302. The number of carbonyl (C=O) groups is 2. The van der Waals surface area contributed by atoms with E-state index in [4.69, 9.17) is 21.1 Å². The van der Waals surface area contributed by atoms with Gasteiger partial charge in [0.25, 0.3) is 11.7 Å². The number of hydrogen-bond donors (Lipinski definition) is 1. The van der Waals surface area contributed by atoms with E-state index in [-0.39, 0.29) is 17.4 Å². The molecule has 2 fully saturated rings. The molecular formula is C27H30ClNO5. The van der Waals surface area contributed by atoms with E-state index < -0.39 is 17.7 Å². The molecule has 0 spiro atoms. The van der Waals surface area contributed by atoms with Crippen molar-refractivity contribution in [3.8, 4) is 11.5 Å². The van der Waals surface area contributed by atoms with Gasteiger partial charge in [-0.15, -0.1) is 0 Å². The first kappa shape index (κ1) is 24.1. The van der Waals surface area contributed by atoms with Crippen LogP contribution in [-0.2, 0) is 9.59 Å². The molecule has 1 saturated heterocycles. The van der Waals surface area contributed by atoms with Crippen molar-refractivity contribution in [1.82, 2.24) is 4.90 Å². The van der Waals surface area contributed by atoms with Crippen LogP contribution in [0.3, 0.4) is 0 Å². The van der Waals surface area contributed by atoms with E-state index in [1.54, 1.807) is 23.1 Å². The Balaban J connectivity index is 1.84. The summed E-state index contributed by atoms with van der Waals surface area (Å²) in [6.07, 6.45) is 4.84. The van der Waals surface area contributed by atoms with Gasteiger partial charge in [-0.05, 0) is 62.6 Å². The second-order valence-electron chi connectivity index (χ2n) is 8.58. The highest BCUT2D eigenvalue weighted by Crippen LogP contribution is 2.43. The minimum Gasteiger partial charge on any atom is -0.507 e. The highest BCUT2D eigenvalue weighted by molar-refractivity contribution is 6.46. The monoisotopic (exact) mass is 483 g/mol. The zero-order valence-electron chi connectivity index (χ0n) is 19.6. The van der Waals surface area contributed by atoms with Crippen LogP contribution in [-0.4, -0.2) is 41.0 Å². The smallest absolute Gasteiger partial charge is 0.295 e. The second-order valence-corrected chi connectivity index (χ2v) is 8.99. The minimum atomic E-state index is -0.676. The largest absolute Gasteiger partial charge is 0.507 e. The fourth-order valence-corrected chi connectivity index (χ4v) is 5.07. The number of carbonyl (C=O) groups excluding carboxylic acids is 2. The van der Waals surface area contributed by atoms with Gasteiger partial charge in [-0.3, -0.25) is 9.59 Å². The van der Waals surface area contributed by atoms with Gasteiger partial charge in [-0.25, -0.2) is 0 Å². The molecule has 1 atom stereocenters. The van der Waals surface area contributed by atoms with Gasteiger partial charge in [0.05, 0.1) is 29.9 Å². The van der Waals surface area contributed by atoms with Gasteiger partial charge in [0.2, 0.25) is 0 Å². The number of nitrogens with zero attached hydrogens (tertiary/aromatic N) is 1. The van der Waals surface area contributed by atoms with Crippen molar-refractivity contribution in [2.75, 3.05) is 13.2 Å². The zero-order valence-corrected chi connectivity index (χ0v) is 20.3. The third-order valence-corrected chi connectivity index (χ3v) is 6.77. The van der Waals surface area contributed by atoms with Gasteiger partial charge in [-0.1, -0.05) is 43.0 Å². The lowest BCUT2D eigenvalue weighted by atomic mass is 9.91. The van der Waals surface area contributed by atoms with E-state index in [2.05, 4.69) is 0 Å². The molecule has 2 aromatic carbocycles. The number of halogens is 1. The molecule has 0 radical (unpaired) electrons. The third-order valence-electron chi connectivity index (χ3n) is 6.46. The Kier molecular flexibility index (Phi) is 7.47. The normalized spacial score (nSPS) is 20.6. The number of rotatable bonds is 7. The average molecular weight is 484 g/mol. The Labute approximate surface area is 205 Å². The number of likely N-dealkylation sites (tertiary alicyclic amines) is 1. The van der Waals surface area contributed by atoms with Crippen LogP contribution in [0.25, 0.3) is 5.76 Å². The van der Waals surface area contributed by atoms with Crippen LogP contribution in [0.15, 0.2) is 48.0 Å². The highest BCUT2D eigenvalue weighted by Gasteiger charge is 2.48. The van der Waals surface area contributed by atoms with Crippen molar-refractivity contribution in [1.29, 1.82) is 0 Å². The van der Waals surface area contributed by atoms with Crippen LogP contribution in [0.4, 0.5) is 0 Å². The van der Waals surface area contributed by atoms with Crippen LogP contribution in [0, 0.1) is 0 Å². The standard InChI is InChI=1S/C27H30ClNO5/c1-3-33-20-13-10-17(11-14-20)24-23(25(30)18-12-15-21(28)22(16-18)34-4-2)26(31)27(32)29(24)19-8-6-5-7-9-19/h10-16,19,24,30H,3-9H2,1-2H3/b25-23-. The zero-order chi connectivity index (χ0) is 24.2. The van der Waals surface area contributed by atoms with Gasteiger partial charge in [0.15, 0.2) is 0 Å². The van der Waals surface area contributed by atoms with Gasteiger partial charge >= 0.3 is 0 Å². The number of aliphatic hydroxyl groups excluding tert-OH is 1. The molecule has 2 aromatic rings. The highest BCUT2D eigenvalue weighted by atomic mass is 35.5. The molecule has 6 nitrogen and oxygen atoms in total. The Hall–Kier alpha value is -2.99. The summed E-state index contributed by atoms with van der Waals surface area (Å²) in [4.78, 5) is 28.3. The molecule has 1 heterocycles. The lowest BCUT2D eigenvalue weighted by Crippen LogP contribution is -2.40. The van der Waals surface area contributed by atoms with Gasteiger partial charge in [0.1, 0.15) is 17.3 Å². The number of amides is 1. The summed E-state index contributed by atoms with van der Waals surface area (Å²) in [7, 11) is 0. The number of ether oxygens (including phenoxy) is 2. The van der Waals surface area contributed by atoms with E-state index in [1.807, 2.05) is 38.1 Å². The fourth-order valence-electron chi connectivity index (χ4n) is 4.90. The Bertz CT molecular complexity index is 1090. The summed E-state index contributed by atoms with van der Waals surface area (Å²) >= 11 is 6.22. The van der Waals surface area contributed by atoms with Crippen molar-refractivity contribution < 1.29 is 24.2 Å². The topological polar surface area (TPSA) is 76.1 Å². The molecule has 1 unspecified atom stereocenters. The van der Waals surface area contributed by atoms with Crippen LogP contribution in [0.1, 0.15) is 63.1 Å². The van der Waals surface area contributed by atoms with Gasteiger partial charge in [-0.2, -0.15) is 0 Å². The summed E-state index contributed by atoms with van der Waals surface area (Å²) in [6.45, 7) is 4.69. The molecule has 1 aliphatic carbocycles. The van der Waals surface area contributed by atoms with E-state index in [0.717, 1.165) is 37.7 Å². The molecule has 0 aromatic heterocycles. The van der Waals surface area contributed by atoms with Crippen molar-refractivity contribution in [3.05, 3.63) is 64.2 Å². The molecular weight excluding hydrogens is 454 g/mol. The molecule has 7 heteroatoms. The number of aliphatic hydroxyl groups is 1. The average Bonchev–Trinajstić information content (AvgIpc) is 3.12. The Morgan fingerprint density at radius 1 is 1.00 bits per heavy atom. The minimum absolute atomic E-state index is 0.0451. The van der Waals surface area contributed by atoms with Crippen molar-refractivity contribution in [2.24, 2.45) is 0 Å². The first-order valence-corrected chi connectivity index (χ1v) is 12.3. The lowest BCUT2D eigenvalue weighted by Gasteiger charge is -2.35. The third kappa shape index (κ3) is 4.64. The number of Topliss-reactive ketones (excluding diaryl/α,β-unsaturated/α-hetero) is 1. The first-order valence-electron chi connectivity index (χ1n) is 11.9. The first-order chi connectivity index (χ1) is 16.5. The predicted molar refractivity (Wildman–Crippen MR) is 131 cm³/mol. The van der Waals surface area contributed by atoms with Crippen LogP contribution in [0.5, 0.6) is 11.5 Å². The summed E-state index contributed by atoms with van der Waals surface area (Å²) in [5.41, 5.74) is 1.23. The molecule has 0 bridgehead atoms. The number of benzene rings is 2. The van der Waals surface area contributed by atoms with Crippen molar-refractivity contribution >= 4 is 29.1 Å². The SMILES string of the molecule is CCOc1ccc(C2/C(=C(/O)c3ccc(Cl)c(OCC)c3)C(=O)C(=O)N2C2CCCCC2)cc1. The molecule has 1 aliphatic heterocycles. The van der Waals surface area contributed by atoms with E-state index in [9.17, 15) is 14.7 Å². The van der Waals surface area contributed by atoms with Crippen LogP contribution < -0.4 is 9.47 Å². The van der Waals surface area contributed by atoms with Crippen LogP contribution >= 0.6 is 11.6 Å². The molecule has 1 N–H and O–H groups in total. The summed E-state index contributed by atoms with van der Waals surface area (Å²) < 4.78 is 11.1. The molecule has 4 rings (SSSR count). The number of ketones is 1. The summed E-state index contributed by atoms with van der Waals surface area (Å²) in [5.74, 6) is -0.346. The Morgan fingerprint density at radius 2 is 1.68 bits per heavy atom. The summed E-state index contributed by atoms with van der Waals surface area (Å²) in [5, 5.41) is 11.7. The molecule has 34 heavy (non-hydrogen) atoms. The fraction of sp³-hybridized carbons (Fsp3) is 0.407. The second kappa shape index (κ2) is 10.5. The van der Waals surface area contributed by atoms with Crippen molar-refractivity contribution in [3.63, 3.8) is 0 Å². The Morgan fingerprint density at radius 3 is 2.32 bits per heavy atom. The molecule has 2 aliphatic rings.